The van der Waals surface area contributed by atoms with Gasteiger partial charge in [0, 0.05) is 21.2 Å². The van der Waals surface area contributed by atoms with Crippen LogP contribution in [0.15, 0.2) is 53.4 Å². The molecule has 0 saturated carbocycles. The van der Waals surface area contributed by atoms with E-state index < -0.39 is 0 Å². The standard InChI is InChI=1S/C17H19Cl2NS/c1-3-20-17(13-7-5-4-6-8-13)12(2)21-16-11-14(18)9-10-15(16)19/h4-12,17,20H,3H2,1-2H3. The third kappa shape index (κ3) is 4.65. The first-order valence-electron chi connectivity index (χ1n) is 7.02. The molecule has 4 heteroatoms. The van der Waals surface area contributed by atoms with E-state index in [1.807, 2.05) is 24.3 Å². The monoisotopic (exact) mass is 339 g/mol. The molecule has 112 valence electrons. The van der Waals surface area contributed by atoms with Crippen molar-refractivity contribution in [1.82, 2.24) is 5.32 Å². The van der Waals surface area contributed by atoms with Crippen LogP contribution in [-0.4, -0.2) is 11.8 Å². The van der Waals surface area contributed by atoms with Crippen LogP contribution in [0.3, 0.4) is 0 Å². The van der Waals surface area contributed by atoms with Crippen LogP contribution in [0.4, 0.5) is 0 Å². The van der Waals surface area contributed by atoms with Gasteiger partial charge in [-0.25, -0.2) is 0 Å². The van der Waals surface area contributed by atoms with Gasteiger partial charge >= 0.3 is 0 Å². The molecule has 0 bridgehead atoms. The maximum Gasteiger partial charge on any atom is 0.0543 e. The first kappa shape index (κ1) is 16.7. The van der Waals surface area contributed by atoms with Gasteiger partial charge in [0.25, 0.3) is 0 Å². The van der Waals surface area contributed by atoms with Gasteiger partial charge in [-0.1, -0.05) is 67.4 Å². The Kier molecular flexibility index (Phi) is 6.43. The van der Waals surface area contributed by atoms with Crippen molar-refractivity contribution in [2.75, 3.05) is 6.54 Å². The molecule has 2 aromatic carbocycles. The van der Waals surface area contributed by atoms with Crippen molar-refractivity contribution in [2.24, 2.45) is 0 Å². The molecule has 2 unspecified atom stereocenters. The molecule has 2 rings (SSSR count). The second kappa shape index (κ2) is 8.09. The molecule has 0 heterocycles. The zero-order valence-electron chi connectivity index (χ0n) is 12.1. The topological polar surface area (TPSA) is 12.0 Å². The highest BCUT2D eigenvalue weighted by molar-refractivity contribution is 8.00. The summed E-state index contributed by atoms with van der Waals surface area (Å²) in [5.41, 5.74) is 1.29. The Morgan fingerprint density at radius 1 is 1.10 bits per heavy atom. The lowest BCUT2D eigenvalue weighted by Crippen LogP contribution is -2.28. The van der Waals surface area contributed by atoms with E-state index in [2.05, 4.69) is 43.4 Å². The number of nitrogens with one attached hydrogen (secondary N) is 1. The van der Waals surface area contributed by atoms with E-state index in [0.717, 1.165) is 16.5 Å². The number of thioether (sulfide) groups is 1. The molecule has 21 heavy (non-hydrogen) atoms. The minimum atomic E-state index is 0.274. The Morgan fingerprint density at radius 2 is 1.81 bits per heavy atom. The molecule has 2 aromatic rings. The third-order valence-electron chi connectivity index (χ3n) is 3.26. The second-order valence-electron chi connectivity index (χ2n) is 4.84. The summed E-state index contributed by atoms with van der Waals surface area (Å²) in [5.74, 6) is 0. The van der Waals surface area contributed by atoms with Crippen molar-refractivity contribution in [3.63, 3.8) is 0 Å². The molecule has 0 aliphatic heterocycles. The molecule has 0 fully saturated rings. The largest absolute Gasteiger partial charge is 0.309 e. The maximum absolute atomic E-state index is 6.27. The molecule has 0 aromatic heterocycles. The predicted octanol–water partition coefficient (Wildman–Crippen LogP) is 5.82. The average molecular weight is 340 g/mol. The Hall–Kier alpha value is -0.670. The Labute approximate surface area is 141 Å². The van der Waals surface area contributed by atoms with Crippen LogP contribution in [-0.2, 0) is 0 Å². The minimum absolute atomic E-state index is 0.274. The van der Waals surface area contributed by atoms with Crippen molar-refractivity contribution < 1.29 is 0 Å². The van der Waals surface area contributed by atoms with Gasteiger partial charge in [0.05, 0.1) is 5.02 Å². The molecular formula is C17H19Cl2NS. The van der Waals surface area contributed by atoms with E-state index in [0.29, 0.717) is 10.3 Å². The molecule has 0 saturated heterocycles. The zero-order chi connectivity index (χ0) is 15.2. The van der Waals surface area contributed by atoms with Gasteiger partial charge in [0.1, 0.15) is 0 Å². The molecule has 0 radical (unpaired) electrons. The fourth-order valence-electron chi connectivity index (χ4n) is 2.27. The summed E-state index contributed by atoms with van der Waals surface area (Å²) in [6.07, 6.45) is 0. The highest BCUT2D eigenvalue weighted by Crippen LogP contribution is 2.37. The van der Waals surface area contributed by atoms with Crippen molar-refractivity contribution in [2.45, 2.75) is 30.0 Å². The summed E-state index contributed by atoms with van der Waals surface area (Å²) < 4.78 is 0. The second-order valence-corrected chi connectivity index (χ2v) is 7.11. The number of rotatable bonds is 6. The van der Waals surface area contributed by atoms with Crippen LogP contribution in [0.5, 0.6) is 0 Å². The number of hydrogen-bond donors (Lipinski definition) is 1. The molecule has 0 aliphatic rings. The van der Waals surface area contributed by atoms with Gasteiger partial charge in [-0.15, -0.1) is 11.8 Å². The highest BCUT2D eigenvalue weighted by atomic mass is 35.5. The van der Waals surface area contributed by atoms with Crippen LogP contribution in [0, 0.1) is 0 Å². The summed E-state index contributed by atoms with van der Waals surface area (Å²) >= 11 is 14.1. The first-order chi connectivity index (χ1) is 10.1. The summed E-state index contributed by atoms with van der Waals surface area (Å²) in [4.78, 5) is 1.02. The molecule has 0 spiro atoms. The summed E-state index contributed by atoms with van der Waals surface area (Å²) in [5, 5.41) is 5.36. The van der Waals surface area contributed by atoms with Crippen LogP contribution < -0.4 is 5.32 Å². The molecule has 0 aliphatic carbocycles. The molecule has 0 amide bonds. The SMILES string of the molecule is CCNC(c1ccccc1)C(C)Sc1cc(Cl)ccc1Cl. The summed E-state index contributed by atoms with van der Waals surface area (Å²) in [6, 6.07) is 16.4. The number of benzene rings is 2. The van der Waals surface area contributed by atoms with E-state index in [9.17, 15) is 0 Å². The molecular weight excluding hydrogens is 321 g/mol. The third-order valence-corrected chi connectivity index (χ3v) is 5.17. The van der Waals surface area contributed by atoms with E-state index >= 15 is 0 Å². The normalized spacial score (nSPS) is 13.9. The molecule has 1 nitrogen and oxygen atoms in total. The van der Waals surface area contributed by atoms with Gasteiger partial charge in [-0.2, -0.15) is 0 Å². The maximum atomic E-state index is 6.27. The Bertz CT molecular complexity index is 574. The summed E-state index contributed by atoms with van der Waals surface area (Å²) in [6.45, 7) is 5.26. The van der Waals surface area contributed by atoms with E-state index in [-0.39, 0.29) is 6.04 Å². The van der Waals surface area contributed by atoms with Gasteiger partial charge < -0.3 is 5.32 Å². The summed E-state index contributed by atoms with van der Waals surface area (Å²) in [7, 11) is 0. The zero-order valence-corrected chi connectivity index (χ0v) is 14.5. The van der Waals surface area contributed by atoms with Crippen molar-refractivity contribution in [3.8, 4) is 0 Å². The van der Waals surface area contributed by atoms with Crippen molar-refractivity contribution in [1.29, 1.82) is 0 Å². The van der Waals surface area contributed by atoms with E-state index in [1.165, 1.54) is 5.56 Å². The van der Waals surface area contributed by atoms with Gasteiger partial charge in [-0.3, -0.25) is 0 Å². The fourth-order valence-corrected chi connectivity index (χ4v) is 3.92. The highest BCUT2D eigenvalue weighted by Gasteiger charge is 2.20. The number of halogens is 2. The lowest BCUT2D eigenvalue weighted by Gasteiger charge is -2.25. The lowest BCUT2D eigenvalue weighted by atomic mass is 10.0. The van der Waals surface area contributed by atoms with Crippen molar-refractivity contribution in [3.05, 3.63) is 64.1 Å². The van der Waals surface area contributed by atoms with Crippen LogP contribution >= 0.6 is 35.0 Å². The average Bonchev–Trinajstić information content (AvgIpc) is 2.49. The van der Waals surface area contributed by atoms with E-state index in [1.54, 1.807) is 11.8 Å². The smallest absolute Gasteiger partial charge is 0.0543 e. The van der Waals surface area contributed by atoms with Crippen molar-refractivity contribution >= 4 is 35.0 Å². The van der Waals surface area contributed by atoms with Gasteiger partial charge in [-0.05, 0) is 30.3 Å². The van der Waals surface area contributed by atoms with Gasteiger partial charge in [0.2, 0.25) is 0 Å². The number of hydrogen-bond acceptors (Lipinski definition) is 2. The molecule has 1 N–H and O–H groups in total. The molecule has 2 atom stereocenters. The fraction of sp³-hybridized carbons (Fsp3) is 0.294. The Morgan fingerprint density at radius 3 is 2.48 bits per heavy atom. The predicted molar refractivity (Wildman–Crippen MR) is 94.6 cm³/mol. The van der Waals surface area contributed by atoms with Crippen LogP contribution in [0.2, 0.25) is 10.0 Å². The van der Waals surface area contributed by atoms with E-state index in [4.69, 9.17) is 23.2 Å². The van der Waals surface area contributed by atoms with Crippen LogP contribution in [0.25, 0.3) is 0 Å². The lowest BCUT2D eigenvalue weighted by molar-refractivity contribution is 0.548. The van der Waals surface area contributed by atoms with Gasteiger partial charge in [0.15, 0.2) is 0 Å². The van der Waals surface area contributed by atoms with Crippen LogP contribution in [0.1, 0.15) is 25.5 Å². The minimum Gasteiger partial charge on any atom is -0.309 e. The Balaban J connectivity index is 2.19. The quantitative estimate of drug-likeness (QED) is 0.665. The first-order valence-corrected chi connectivity index (χ1v) is 8.65.